The molecule has 0 unspecified atom stereocenters. The van der Waals surface area contributed by atoms with Crippen LogP contribution in [0.3, 0.4) is 0 Å². The highest BCUT2D eigenvalue weighted by Gasteiger charge is 2.45. The van der Waals surface area contributed by atoms with Gasteiger partial charge in [0.25, 0.3) is 5.91 Å². The number of carbonyl (C=O) groups excluding carboxylic acids is 2. The van der Waals surface area contributed by atoms with Gasteiger partial charge in [-0.2, -0.15) is 5.10 Å². The molecule has 2 aromatic carbocycles. The third-order valence-electron chi connectivity index (χ3n) is 7.15. The van der Waals surface area contributed by atoms with Crippen LogP contribution in [0.5, 0.6) is 11.5 Å². The van der Waals surface area contributed by atoms with E-state index in [9.17, 15) is 19.5 Å². The zero-order valence-corrected chi connectivity index (χ0v) is 23.2. The van der Waals surface area contributed by atoms with Crippen molar-refractivity contribution in [3.63, 3.8) is 0 Å². The fourth-order valence-corrected chi connectivity index (χ4v) is 5.16. The molecule has 1 aliphatic heterocycles. The number of aryl methyl sites for hydroxylation is 3. The maximum atomic E-state index is 13.8. The number of likely N-dealkylation sites (tertiary alicyclic amines) is 1. The van der Waals surface area contributed by atoms with Crippen LogP contribution in [0.25, 0.3) is 0 Å². The van der Waals surface area contributed by atoms with Crippen molar-refractivity contribution in [1.82, 2.24) is 20.4 Å². The Bertz CT molecular complexity index is 1440. The first-order chi connectivity index (χ1) is 18.3. The fourth-order valence-electron chi connectivity index (χ4n) is 5.16. The summed E-state index contributed by atoms with van der Waals surface area (Å²) in [5.74, 6) is -0.118. The molecule has 3 aromatic rings. The van der Waals surface area contributed by atoms with Gasteiger partial charge >= 0.3 is 5.56 Å². The minimum absolute atomic E-state index is 0.108. The second kappa shape index (κ2) is 11.0. The summed E-state index contributed by atoms with van der Waals surface area (Å²) in [4.78, 5) is 40.7. The maximum absolute atomic E-state index is 13.8. The molecular formula is C30H36N4O5. The number of ether oxygens (including phenoxy) is 1. The molecule has 0 spiro atoms. The molecule has 1 fully saturated rings. The van der Waals surface area contributed by atoms with Gasteiger partial charge in [-0.05, 0) is 83.7 Å². The number of aromatic amines is 1. The molecule has 1 aliphatic rings. The van der Waals surface area contributed by atoms with E-state index in [2.05, 4.69) is 21.6 Å². The van der Waals surface area contributed by atoms with E-state index in [1.807, 2.05) is 25.1 Å². The number of aliphatic hydroxyl groups is 1. The predicted molar refractivity (Wildman–Crippen MR) is 148 cm³/mol. The number of aromatic nitrogens is 2. The molecule has 3 N–H and O–H groups in total. The summed E-state index contributed by atoms with van der Waals surface area (Å²) < 4.78 is 5.75. The number of rotatable bonds is 7. The normalized spacial score (nSPS) is 18.1. The topological polar surface area (TPSA) is 125 Å². The Hall–Kier alpha value is -3.98. The lowest BCUT2D eigenvalue weighted by atomic mass is 9.96. The van der Waals surface area contributed by atoms with Crippen molar-refractivity contribution in [2.24, 2.45) is 0 Å². The van der Waals surface area contributed by atoms with Crippen LogP contribution in [-0.4, -0.2) is 49.7 Å². The highest BCUT2D eigenvalue weighted by molar-refractivity contribution is 5.98. The summed E-state index contributed by atoms with van der Waals surface area (Å²) in [7, 11) is 0. The predicted octanol–water partition coefficient (Wildman–Crippen LogP) is 4.11. The molecule has 0 radical (unpaired) electrons. The number of benzene rings is 2. The zero-order chi connectivity index (χ0) is 28.5. The van der Waals surface area contributed by atoms with Gasteiger partial charge in [0, 0.05) is 11.6 Å². The monoisotopic (exact) mass is 532 g/mol. The lowest BCUT2D eigenvalue weighted by Gasteiger charge is -2.38. The second-order valence-corrected chi connectivity index (χ2v) is 10.9. The van der Waals surface area contributed by atoms with E-state index in [4.69, 9.17) is 4.74 Å². The molecule has 9 nitrogen and oxygen atoms in total. The molecule has 2 amide bonds. The van der Waals surface area contributed by atoms with Crippen molar-refractivity contribution < 1.29 is 19.4 Å². The molecule has 4 rings (SSSR count). The van der Waals surface area contributed by atoms with Crippen molar-refractivity contribution in [2.75, 3.05) is 0 Å². The highest BCUT2D eigenvalue weighted by Crippen LogP contribution is 2.40. The van der Waals surface area contributed by atoms with E-state index in [0.717, 1.165) is 17.5 Å². The van der Waals surface area contributed by atoms with Gasteiger partial charge in [0.05, 0.1) is 23.4 Å². The number of hydrogen-bond donors (Lipinski definition) is 3. The summed E-state index contributed by atoms with van der Waals surface area (Å²) in [6.07, 6.45) is 1.39. The molecule has 0 bridgehead atoms. The van der Waals surface area contributed by atoms with Crippen molar-refractivity contribution in [3.05, 3.63) is 86.8 Å². The Morgan fingerprint density at radius 2 is 1.85 bits per heavy atom. The average Bonchev–Trinajstić information content (AvgIpc) is 3.33. The fraction of sp³-hybridized carbons (Fsp3) is 0.400. The molecule has 3 atom stereocenters. The lowest BCUT2D eigenvalue weighted by molar-refractivity contribution is -0.141. The van der Waals surface area contributed by atoms with Crippen molar-refractivity contribution in [2.45, 2.75) is 78.1 Å². The van der Waals surface area contributed by atoms with Crippen LogP contribution in [0.1, 0.15) is 72.4 Å². The van der Waals surface area contributed by atoms with Gasteiger partial charge < -0.3 is 20.1 Å². The SMILES string of the molecule is Cc1cccc([C@@H]2CC[C@H](C(C)(C)O)N2C(=O)[C@@H](C)NC(=O)c2ccc(Oc3cc(C)n[nH]c3=O)c(C)c2)c1. The Labute approximate surface area is 228 Å². The van der Waals surface area contributed by atoms with Gasteiger partial charge in [-0.1, -0.05) is 29.8 Å². The summed E-state index contributed by atoms with van der Waals surface area (Å²) in [6, 6.07) is 13.0. The smallest absolute Gasteiger partial charge is 0.307 e. The van der Waals surface area contributed by atoms with Crippen LogP contribution in [0.15, 0.2) is 53.3 Å². The number of carbonyl (C=O) groups is 2. The number of nitrogens with zero attached hydrogens (tertiary/aromatic N) is 2. The molecule has 206 valence electrons. The average molecular weight is 533 g/mol. The van der Waals surface area contributed by atoms with Gasteiger partial charge in [-0.25, -0.2) is 5.10 Å². The van der Waals surface area contributed by atoms with E-state index < -0.39 is 23.1 Å². The van der Waals surface area contributed by atoms with Gasteiger partial charge in [0.1, 0.15) is 11.8 Å². The number of nitrogens with one attached hydrogen (secondary N) is 2. The summed E-state index contributed by atoms with van der Waals surface area (Å²) in [6.45, 7) is 10.6. The molecule has 1 aromatic heterocycles. The van der Waals surface area contributed by atoms with Gasteiger partial charge in [-0.15, -0.1) is 0 Å². The number of H-pyrrole nitrogens is 1. The molecule has 9 heteroatoms. The number of amides is 2. The summed E-state index contributed by atoms with van der Waals surface area (Å²) >= 11 is 0. The van der Waals surface area contributed by atoms with Crippen molar-refractivity contribution >= 4 is 11.8 Å². The van der Waals surface area contributed by atoms with Crippen molar-refractivity contribution in [1.29, 1.82) is 0 Å². The standard InChI is InChI=1S/C30H36N4O5/c1-17-8-7-9-21(14-17)23-11-13-26(30(5,6)38)34(23)29(37)20(4)31-27(35)22-10-12-24(18(2)15-22)39-25-16-19(3)32-33-28(25)36/h7-10,12,14-16,20,23,26,38H,11,13H2,1-6H3,(H,31,35)(H,33,36)/t20-,23+,26-/m1/s1. The molecule has 39 heavy (non-hydrogen) atoms. The zero-order valence-electron chi connectivity index (χ0n) is 23.2. The summed E-state index contributed by atoms with van der Waals surface area (Å²) in [5.41, 5.74) is 2.17. The van der Waals surface area contributed by atoms with E-state index in [0.29, 0.717) is 29.0 Å². The van der Waals surface area contributed by atoms with Gasteiger partial charge in [0.15, 0.2) is 5.75 Å². The Balaban J connectivity index is 1.51. The van der Waals surface area contributed by atoms with E-state index in [-0.39, 0.29) is 23.7 Å². The minimum Gasteiger partial charge on any atom is -0.451 e. The largest absolute Gasteiger partial charge is 0.451 e. The van der Waals surface area contributed by atoms with E-state index in [1.165, 1.54) is 6.07 Å². The third kappa shape index (κ3) is 6.20. The van der Waals surface area contributed by atoms with Gasteiger partial charge in [0.2, 0.25) is 5.91 Å². The maximum Gasteiger partial charge on any atom is 0.307 e. The molecule has 0 saturated carbocycles. The Kier molecular flexibility index (Phi) is 7.92. The van der Waals surface area contributed by atoms with E-state index in [1.54, 1.807) is 57.7 Å². The van der Waals surface area contributed by atoms with Crippen LogP contribution in [0, 0.1) is 20.8 Å². The quantitative estimate of drug-likeness (QED) is 0.421. The van der Waals surface area contributed by atoms with E-state index >= 15 is 0 Å². The first-order valence-electron chi connectivity index (χ1n) is 13.1. The van der Waals surface area contributed by atoms with Gasteiger partial charge in [-0.3, -0.25) is 14.4 Å². The van der Waals surface area contributed by atoms with Crippen molar-refractivity contribution in [3.8, 4) is 11.5 Å². The van der Waals surface area contributed by atoms with Crippen LogP contribution >= 0.6 is 0 Å². The molecular weight excluding hydrogens is 496 g/mol. The third-order valence-corrected chi connectivity index (χ3v) is 7.15. The minimum atomic E-state index is -1.10. The highest BCUT2D eigenvalue weighted by atomic mass is 16.5. The van der Waals surface area contributed by atoms with Crippen LogP contribution < -0.4 is 15.6 Å². The molecule has 2 heterocycles. The van der Waals surface area contributed by atoms with Crippen LogP contribution in [0.4, 0.5) is 0 Å². The molecule has 0 aliphatic carbocycles. The van der Waals surface area contributed by atoms with Crippen LogP contribution in [-0.2, 0) is 4.79 Å². The second-order valence-electron chi connectivity index (χ2n) is 10.9. The first kappa shape index (κ1) is 28.0. The van der Waals surface area contributed by atoms with Crippen LogP contribution in [0.2, 0.25) is 0 Å². The Morgan fingerprint density at radius 3 is 2.51 bits per heavy atom. The molecule has 1 saturated heterocycles. The summed E-state index contributed by atoms with van der Waals surface area (Å²) in [5, 5.41) is 19.9. The number of hydrogen-bond acceptors (Lipinski definition) is 6. The lowest BCUT2D eigenvalue weighted by Crippen LogP contribution is -2.54. The first-order valence-corrected chi connectivity index (χ1v) is 13.1. The Morgan fingerprint density at radius 1 is 1.10 bits per heavy atom.